The molecular formula is C24H19BrN2O6. The molecule has 1 heterocycles. The molecule has 33 heavy (non-hydrogen) atoms. The molecule has 3 aromatic carbocycles. The van der Waals surface area contributed by atoms with E-state index in [0.717, 1.165) is 4.47 Å². The van der Waals surface area contributed by atoms with Crippen molar-refractivity contribution in [3.8, 4) is 23.0 Å². The molecule has 0 aromatic heterocycles. The molecule has 9 heteroatoms. The standard InChI is InChI=1S/C24H19BrN2O6/c1-2-30-19-7-3-15(4-8-19)24(29)33-20-10-6-18(25)11-17(20)13-26-27-23(28)16-5-9-21-22(12-16)32-14-31-21/h3-13H,2,14H2,1H3,(H,27,28). The summed E-state index contributed by atoms with van der Waals surface area (Å²) in [4.78, 5) is 25.0. The average molecular weight is 511 g/mol. The molecule has 0 fully saturated rings. The van der Waals surface area contributed by atoms with Gasteiger partial charge in [0.2, 0.25) is 6.79 Å². The molecule has 0 saturated carbocycles. The number of nitrogens with one attached hydrogen (secondary N) is 1. The minimum Gasteiger partial charge on any atom is -0.494 e. The van der Waals surface area contributed by atoms with Gasteiger partial charge in [-0.1, -0.05) is 15.9 Å². The highest BCUT2D eigenvalue weighted by Gasteiger charge is 2.16. The van der Waals surface area contributed by atoms with Crippen LogP contribution in [0.25, 0.3) is 0 Å². The highest BCUT2D eigenvalue weighted by Crippen LogP contribution is 2.32. The number of halogens is 1. The molecule has 0 bridgehead atoms. The van der Waals surface area contributed by atoms with Gasteiger partial charge in [-0.15, -0.1) is 0 Å². The first-order chi connectivity index (χ1) is 16.0. The van der Waals surface area contributed by atoms with Crippen molar-refractivity contribution in [2.45, 2.75) is 6.92 Å². The monoisotopic (exact) mass is 510 g/mol. The summed E-state index contributed by atoms with van der Waals surface area (Å²) < 4.78 is 22.2. The van der Waals surface area contributed by atoms with Crippen molar-refractivity contribution in [2.75, 3.05) is 13.4 Å². The maximum Gasteiger partial charge on any atom is 0.343 e. The second kappa shape index (κ2) is 10.2. The van der Waals surface area contributed by atoms with Gasteiger partial charge in [0.1, 0.15) is 11.5 Å². The van der Waals surface area contributed by atoms with Crippen LogP contribution in [0.3, 0.4) is 0 Å². The van der Waals surface area contributed by atoms with Gasteiger partial charge in [0.05, 0.1) is 18.4 Å². The quantitative estimate of drug-likeness (QED) is 0.216. The molecule has 3 aromatic rings. The van der Waals surface area contributed by atoms with E-state index in [4.69, 9.17) is 18.9 Å². The average Bonchev–Trinajstić information content (AvgIpc) is 3.29. The Bertz CT molecular complexity index is 1210. The number of ether oxygens (including phenoxy) is 4. The summed E-state index contributed by atoms with van der Waals surface area (Å²) in [5.74, 6) is 1.10. The lowest BCUT2D eigenvalue weighted by Gasteiger charge is -2.09. The Morgan fingerprint density at radius 3 is 2.58 bits per heavy atom. The number of hydrogen-bond donors (Lipinski definition) is 1. The molecule has 0 atom stereocenters. The van der Waals surface area contributed by atoms with E-state index >= 15 is 0 Å². The molecule has 1 N–H and O–H groups in total. The van der Waals surface area contributed by atoms with Crippen molar-refractivity contribution >= 4 is 34.0 Å². The lowest BCUT2D eigenvalue weighted by molar-refractivity contribution is 0.0734. The van der Waals surface area contributed by atoms with Crippen LogP contribution in [0.2, 0.25) is 0 Å². The van der Waals surface area contributed by atoms with Crippen LogP contribution in [-0.4, -0.2) is 31.5 Å². The summed E-state index contributed by atoms with van der Waals surface area (Å²) in [6.45, 7) is 2.55. The summed E-state index contributed by atoms with van der Waals surface area (Å²) >= 11 is 3.39. The number of carbonyl (C=O) groups excluding carboxylic acids is 2. The molecule has 0 spiro atoms. The predicted molar refractivity (Wildman–Crippen MR) is 124 cm³/mol. The number of fused-ring (bicyclic) bond motifs is 1. The van der Waals surface area contributed by atoms with E-state index in [0.29, 0.717) is 40.5 Å². The topological polar surface area (TPSA) is 95.5 Å². The van der Waals surface area contributed by atoms with Gasteiger partial charge in [-0.05, 0) is 67.6 Å². The van der Waals surface area contributed by atoms with Crippen LogP contribution in [0.5, 0.6) is 23.0 Å². The maximum atomic E-state index is 12.6. The van der Waals surface area contributed by atoms with Crippen molar-refractivity contribution in [1.29, 1.82) is 0 Å². The van der Waals surface area contributed by atoms with Crippen molar-refractivity contribution in [2.24, 2.45) is 5.10 Å². The lowest BCUT2D eigenvalue weighted by atomic mass is 10.2. The molecule has 1 aliphatic heterocycles. The van der Waals surface area contributed by atoms with E-state index < -0.39 is 11.9 Å². The fourth-order valence-corrected chi connectivity index (χ4v) is 3.37. The second-order valence-corrected chi connectivity index (χ2v) is 7.71. The van der Waals surface area contributed by atoms with E-state index in [-0.39, 0.29) is 12.5 Å². The Kier molecular flexibility index (Phi) is 6.89. The van der Waals surface area contributed by atoms with Crippen LogP contribution in [0.15, 0.2) is 70.2 Å². The van der Waals surface area contributed by atoms with Crippen LogP contribution in [-0.2, 0) is 0 Å². The number of hydrazone groups is 1. The Morgan fingerprint density at radius 1 is 1.03 bits per heavy atom. The Balaban J connectivity index is 1.44. The SMILES string of the molecule is CCOc1ccc(C(=O)Oc2ccc(Br)cc2C=NNC(=O)c2ccc3c(c2)OCO3)cc1. The van der Waals surface area contributed by atoms with E-state index in [9.17, 15) is 9.59 Å². The van der Waals surface area contributed by atoms with Crippen LogP contribution < -0.4 is 24.4 Å². The lowest BCUT2D eigenvalue weighted by Crippen LogP contribution is -2.17. The van der Waals surface area contributed by atoms with Gasteiger partial charge in [0.25, 0.3) is 5.91 Å². The molecule has 168 valence electrons. The summed E-state index contributed by atoms with van der Waals surface area (Å²) in [5.41, 5.74) is 3.69. The minimum absolute atomic E-state index is 0.125. The molecular weight excluding hydrogens is 492 g/mol. The number of benzene rings is 3. The van der Waals surface area contributed by atoms with E-state index in [1.54, 1.807) is 60.7 Å². The number of rotatable bonds is 7. The Morgan fingerprint density at radius 2 is 1.79 bits per heavy atom. The zero-order valence-electron chi connectivity index (χ0n) is 17.5. The summed E-state index contributed by atoms with van der Waals surface area (Å²) in [6, 6.07) is 16.6. The first-order valence-electron chi connectivity index (χ1n) is 10.0. The highest BCUT2D eigenvalue weighted by atomic mass is 79.9. The van der Waals surface area contributed by atoms with Gasteiger partial charge < -0.3 is 18.9 Å². The zero-order valence-corrected chi connectivity index (χ0v) is 19.1. The number of nitrogens with zero attached hydrogens (tertiary/aromatic N) is 1. The third-order valence-electron chi connectivity index (χ3n) is 4.58. The van der Waals surface area contributed by atoms with Gasteiger partial charge in [0.15, 0.2) is 11.5 Å². The van der Waals surface area contributed by atoms with Crippen LogP contribution in [0.4, 0.5) is 0 Å². The van der Waals surface area contributed by atoms with Crippen molar-refractivity contribution in [3.63, 3.8) is 0 Å². The van der Waals surface area contributed by atoms with Crippen LogP contribution >= 0.6 is 15.9 Å². The normalized spacial score (nSPS) is 11.9. The first kappa shape index (κ1) is 22.3. The summed E-state index contributed by atoms with van der Waals surface area (Å²) in [5, 5.41) is 4.00. The number of amides is 1. The van der Waals surface area contributed by atoms with E-state index in [2.05, 4.69) is 26.5 Å². The smallest absolute Gasteiger partial charge is 0.343 e. The molecule has 4 rings (SSSR count). The molecule has 0 radical (unpaired) electrons. The van der Waals surface area contributed by atoms with Gasteiger partial charge in [-0.25, -0.2) is 10.2 Å². The van der Waals surface area contributed by atoms with Gasteiger partial charge in [-0.2, -0.15) is 5.10 Å². The Hall–Kier alpha value is -3.85. The van der Waals surface area contributed by atoms with Crippen molar-refractivity contribution in [1.82, 2.24) is 5.43 Å². The van der Waals surface area contributed by atoms with Crippen LogP contribution in [0.1, 0.15) is 33.2 Å². The zero-order chi connectivity index (χ0) is 23.2. The van der Waals surface area contributed by atoms with Crippen LogP contribution in [0, 0.1) is 0 Å². The maximum absolute atomic E-state index is 12.6. The third-order valence-corrected chi connectivity index (χ3v) is 5.07. The second-order valence-electron chi connectivity index (χ2n) is 6.80. The third kappa shape index (κ3) is 5.50. The number of carbonyl (C=O) groups is 2. The van der Waals surface area contributed by atoms with Crippen molar-refractivity contribution in [3.05, 3.63) is 81.8 Å². The minimum atomic E-state index is -0.528. The molecule has 0 unspecified atom stereocenters. The van der Waals surface area contributed by atoms with Gasteiger partial charge in [0, 0.05) is 15.6 Å². The highest BCUT2D eigenvalue weighted by molar-refractivity contribution is 9.10. The number of hydrogen-bond acceptors (Lipinski definition) is 7. The van der Waals surface area contributed by atoms with E-state index in [1.165, 1.54) is 6.21 Å². The molecule has 0 saturated heterocycles. The fourth-order valence-electron chi connectivity index (χ4n) is 2.99. The molecule has 8 nitrogen and oxygen atoms in total. The first-order valence-corrected chi connectivity index (χ1v) is 10.8. The molecule has 0 aliphatic carbocycles. The fraction of sp³-hybridized carbons (Fsp3) is 0.125. The van der Waals surface area contributed by atoms with Gasteiger partial charge in [-0.3, -0.25) is 4.79 Å². The Labute approximate surface area is 198 Å². The van der Waals surface area contributed by atoms with E-state index in [1.807, 2.05) is 6.92 Å². The largest absolute Gasteiger partial charge is 0.494 e. The number of esters is 1. The molecule has 1 amide bonds. The summed E-state index contributed by atoms with van der Waals surface area (Å²) in [6.07, 6.45) is 1.40. The van der Waals surface area contributed by atoms with Crippen molar-refractivity contribution < 1.29 is 28.5 Å². The predicted octanol–water partition coefficient (Wildman–Crippen LogP) is 4.56. The van der Waals surface area contributed by atoms with Gasteiger partial charge >= 0.3 is 5.97 Å². The molecule has 1 aliphatic rings. The summed E-state index contributed by atoms with van der Waals surface area (Å²) in [7, 11) is 0.